The van der Waals surface area contributed by atoms with Crippen LogP contribution in [0.15, 0.2) is 23.9 Å². The summed E-state index contributed by atoms with van der Waals surface area (Å²) in [4.78, 5) is 4.52. The monoisotopic (exact) mass is 255 g/mol. The van der Waals surface area contributed by atoms with Crippen LogP contribution >= 0.6 is 0 Å². The van der Waals surface area contributed by atoms with E-state index in [9.17, 15) is 5.11 Å². The van der Waals surface area contributed by atoms with E-state index in [2.05, 4.69) is 17.1 Å². The quantitative estimate of drug-likeness (QED) is 0.771. The Balaban J connectivity index is 1.76. The molecule has 0 unspecified atom stereocenters. The first-order valence-electron chi connectivity index (χ1n) is 7.64. The Morgan fingerprint density at radius 3 is 3.16 bits per heavy atom. The van der Waals surface area contributed by atoms with Gasteiger partial charge in [-0.1, -0.05) is 30.6 Å². The summed E-state index contributed by atoms with van der Waals surface area (Å²) in [7, 11) is 0. The van der Waals surface area contributed by atoms with Crippen molar-refractivity contribution in [2.45, 2.75) is 50.5 Å². The SMILES string of the molecule is O[C@@]12CCCC[C@@H]1CCC1=Cc3cccnc3C[C@@H]12. The van der Waals surface area contributed by atoms with Crippen LogP contribution in [-0.4, -0.2) is 15.7 Å². The zero-order valence-electron chi connectivity index (χ0n) is 11.3. The van der Waals surface area contributed by atoms with Gasteiger partial charge in [-0.3, -0.25) is 4.98 Å². The van der Waals surface area contributed by atoms with Crippen LogP contribution in [0.25, 0.3) is 6.08 Å². The maximum atomic E-state index is 11.2. The number of rotatable bonds is 0. The van der Waals surface area contributed by atoms with Gasteiger partial charge in [0.05, 0.1) is 5.60 Å². The fraction of sp³-hybridized carbons (Fsp3) is 0.588. The van der Waals surface area contributed by atoms with Crippen LogP contribution in [-0.2, 0) is 6.42 Å². The number of nitrogens with zero attached hydrogens (tertiary/aromatic N) is 1. The average Bonchev–Trinajstić information content (AvgIpc) is 2.45. The van der Waals surface area contributed by atoms with Crippen molar-refractivity contribution in [2.75, 3.05) is 0 Å². The predicted octanol–water partition coefficient (Wildman–Crippen LogP) is 3.35. The normalized spacial score (nSPS) is 36.8. The van der Waals surface area contributed by atoms with E-state index >= 15 is 0 Å². The van der Waals surface area contributed by atoms with Gasteiger partial charge in [0.2, 0.25) is 0 Å². The van der Waals surface area contributed by atoms with Gasteiger partial charge in [0, 0.05) is 17.8 Å². The number of pyridine rings is 1. The molecule has 0 bridgehead atoms. The molecule has 0 saturated heterocycles. The number of fused-ring (bicyclic) bond motifs is 4. The number of hydrogen-bond acceptors (Lipinski definition) is 2. The molecule has 19 heavy (non-hydrogen) atoms. The van der Waals surface area contributed by atoms with E-state index in [0.29, 0.717) is 11.8 Å². The molecule has 0 spiro atoms. The van der Waals surface area contributed by atoms with Crippen LogP contribution in [0, 0.1) is 11.8 Å². The van der Waals surface area contributed by atoms with Gasteiger partial charge in [0.1, 0.15) is 0 Å². The Labute approximate surface area is 114 Å². The molecule has 2 nitrogen and oxygen atoms in total. The summed E-state index contributed by atoms with van der Waals surface area (Å²) in [5.74, 6) is 0.850. The van der Waals surface area contributed by atoms with Crippen LogP contribution in [0.4, 0.5) is 0 Å². The van der Waals surface area contributed by atoms with Gasteiger partial charge in [-0.05, 0) is 49.7 Å². The van der Waals surface area contributed by atoms with Crippen LogP contribution in [0.1, 0.15) is 49.8 Å². The van der Waals surface area contributed by atoms with Gasteiger partial charge >= 0.3 is 0 Å². The number of hydrogen-bond donors (Lipinski definition) is 1. The van der Waals surface area contributed by atoms with Crippen LogP contribution in [0.5, 0.6) is 0 Å². The van der Waals surface area contributed by atoms with Crippen molar-refractivity contribution in [2.24, 2.45) is 11.8 Å². The molecule has 1 N–H and O–H groups in total. The van der Waals surface area contributed by atoms with Crippen LogP contribution < -0.4 is 0 Å². The standard InChI is InChI=1S/C17H21NO/c19-17-8-2-1-5-14(17)7-6-12-10-13-4-3-9-18-16(13)11-15(12)17/h3-4,9-10,14-15,19H,1-2,5-8,11H2/t14-,15+,17+/m1/s1. The minimum absolute atomic E-state index is 0.328. The average molecular weight is 255 g/mol. The third-order valence-electron chi connectivity index (χ3n) is 5.58. The number of aliphatic hydroxyl groups is 1. The fourth-order valence-electron chi connectivity index (χ4n) is 4.57. The third-order valence-corrected chi connectivity index (χ3v) is 5.58. The van der Waals surface area contributed by atoms with Crippen molar-refractivity contribution in [3.63, 3.8) is 0 Å². The van der Waals surface area contributed by atoms with Gasteiger partial charge in [-0.15, -0.1) is 0 Å². The molecule has 2 saturated carbocycles. The molecule has 4 rings (SSSR count). The third kappa shape index (κ3) is 1.69. The Hall–Kier alpha value is -1.15. The Kier molecular flexibility index (Phi) is 2.56. The second-order valence-electron chi connectivity index (χ2n) is 6.49. The van der Waals surface area contributed by atoms with Gasteiger partial charge in [-0.25, -0.2) is 0 Å². The predicted molar refractivity (Wildman–Crippen MR) is 75.5 cm³/mol. The van der Waals surface area contributed by atoms with E-state index in [1.54, 1.807) is 0 Å². The van der Waals surface area contributed by atoms with E-state index in [1.165, 1.54) is 48.9 Å². The van der Waals surface area contributed by atoms with E-state index in [-0.39, 0.29) is 0 Å². The van der Waals surface area contributed by atoms with E-state index in [4.69, 9.17) is 0 Å². The molecule has 0 amide bonds. The minimum atomic E-state index is -0.447. The van der Waals surface area contributed by atoms with E-state index in [0.717, 1.165) is 12.8 Å². The molecule has 3 atom stereocenters. The molecule has 3 aliphatic carbocycles. The molecule has 1 heterocycles. The summed E-state index contributed by atoms with van der Waals surface area (Å²) >= 11 is 0. The first kappa shape index (κ1) is 11.7. The summed E-state index contributed by atoms with van der Waals surface area (Å²) in [6.07, 6.45) is 12.2. The molecule has 1 aromatic rings. The first-order chi connectivity index (χ1) is 9.27. The van der Waals surface area contributed by atoms with Gasteiger partial charge in [-0.2, -0.15) is 0 Å². The summed E-state index contributed by atoms with van der Waals surface area (Å²) in [5, 5.41) is 11.2. The highest BCUT2D eigenvalue weighted by atomic mass is 16.3. The van der Waals surface area contributed by atoms with Crippen molar-refractivity contribution in [1.82, 2.24) is 4.98 Å². The highest BCUT2D eigenvalue weighted by Crippen LogP contribution is 2.51. The highest BCUT2D eigenvalue weighted by Gasteiger charge is 2.49. The maximum absolute atomic E-state index is 11.2. The Morgan fingerprint density at radius 2 is 2.21 bits per heavy atom. The van der Waals surface area contributed by atoms with Crippen LogP contribution in [0.2, 0.25) is 0 Å². The highest BCUT2D eigenvalue weighted by molar-refractivity contribution is 5.59. The molecule has 3 aliphatic rings. The number of aromatic nitrogens is 1. The van der Waals surface area contributed by atoms with Crippen molar-refractivity contribution in [3.05, 3.63) is 35.2 Å². The summed E-state index contributed by atoms with van der Waals surface area (Å²) in [5.41, 5.74) is 3.47. The lowest BCUT2D eigenvalue weighted by Crippen LogP contribution is -2.52. The molecular formula is C17H21NO. The van der Waals surface area contributed by atoms with Crippen molar-refractivity contribution in [3.8, 4) is 0 Å². The summed E-state index contributed by atoms with van der Waals surface area (Å²) in [6, 6.07) is 4.17. The lowest BCUT2D eigenvalue weighted by Gasteiger charge is -2.51. The molecule has 0 aromatic carbocycles. The summed E-state index contributed by atoms with van der Waals surface area (Å²) in [6.45, 7) is 0. The lowest BCUT2D eigenvalue weighted by atomic mass is 9.58. The molecule has 0 aliphatic heterocycles. The topological polar surface area (TPSA) is 33.1 Å². The Morgan fingerprint density at radius 1 is 1.26 bits per heavy atom. The van der Waals surface area contributed by atoms with Gasteiger partial charge < -0.3 is 5.11 Å². The maximum Gasteiger partial charge on any atom is 0.0744 e. The zero-order chi connectivity index (χ0) is 12.9. The zero-order valence-corrected chi connectivity index (χ0v) is 11.3. The summed E-state index contributed by atoms with van der Waals surface area (Å²) < 4.78 is 0. The molecule has 2 heteroatoms. The molecule has 2 fully saturated rings. The molecular weight excluding hydrogens is 234 g/mol. The van der Waals surface area contributed by atoms with Crippen molar-refractivity contribution < 1.29 is 5.11 Å². The van der Waals surface area contributed by atoms with Crippen molar-refractivity contribution in [1.29, 1.82) is 0 Å². The second-order valence-corrected chi connectivity index (χ2v) is 6.49. The minimum Gasteiger partial charge on any atom is -0.389 e. The second kappa shape index (κ2) is 4.17. The van der Waals surface area contributed by atoms with Gasteiger partial charge in [0.25, 0.3) is 0 Å². The largest absolute Gasteiger partial charge is 0.389 e. The van der Waals surface area contributed by atoms with E-state index in [1.807, 2.05) is 12.3 Å². The fourth-order valence-corrected chi connectivity index (χ4v) is 4.57. The van der Waals surface area contributed by atoms with Gasteiger partial charge in [0.15, 0.2) is 0 Å². The molecule has 1 aromatic heterocycles. The van der Waals surface area contributed by atoms with E-state index < -0.39 is 5.60 Å². The first-order valence-corrected chi connectivity index (χ1v) is 7.64. The lowest BCUT2D eigenvalue weighted by molar-refractivity contribution is -0.0993. The smallest absolute Gasteiger partial charge is 0.0744 e. The Bertz CT molecular complexity index is 536. The molecule has 100 valence electrons. The van der Waals surface area contributed by atoms with Crippen molar-refractivity contribution >= 4 is 6.08 Å². The molecule has 0 radical (unpaired) electrons. The van der Waals surface area contributed by atoms with Crippen LogP contribution in [0.3, 0.4) is 0 Å².